The van der Waals surface area contributed by atoms with Gasteiger partial charge in [-0.05, 0) is 0 Å². The zero-order valence-electron chi connectivity index (χ0n) is 15.8. The Morgan fingerprint density at radius 3 is 2.47 bits per heavy atom. The first-order valence-corrected chi connectivity index (χ1v) is 12.9. The number of nitrogens with one attached hydrogen (secondary N) is 1. The SMILES string of the molecule is CNc1ncnc2c1ncn2C1OC(COP(=O)(O)OP(=O)(O)OP(=O)(O)O)C(F)C1O. The second-order valence-electron chi connectivity index (χ2n) is 6.18. The van der Waals surface area contributed by atoms with Crippen LogP contribution in [0.5, 0.6) is 0 Å². The maximum absolute atomic E-state index is 14.5. The van der Waals surface area contributed by atoms with E-state index < -0.39 is 54.7 Å². The van der Waals surface area contributed by atoms with Gasteiger partial charge in [0.15, 0.2) is 23.9 Å². The van der Waals surface area contributed by atoms with E-state index in [9.17, 15) is 28.1 Å². The van der Waals surface area contributed by atoms with Gasteiger partial charge in [0, 0.05) is 7.05 Å². The van der Waals surface area contributed by atoms with Crippen molar-refractivity contribution in [2.24, 2.45) is 0 Å². The highest BCUT2D eigenvalue weighted by Gasteiger charge is 2.48. The number of aliphatic hydroxyl groups excluding tert-OH is 1. The van der Waals surface area contributed by atoms with Crippen LogP contribution in [0, 0.1) is 0 Å². The quantitative estimate of drug-likeness (QED) is 0.233. The van der Waals surface area contributed by atoms with Crippen LogP contribution in [-0.2, 0) is 31.6 Å². The molecule has 6 atom stereocenters. The largest absolute Gasteiger partial charge is 0.490 e. The number of aromatic nitrogens is 4. The Morgan fingerprint density at radius 2 is 1.84 bits per heavy atom. The highest BCUT2D eigenvalue weighted by Crippen LogP contribution is 2.66. The van der Waals surface area contributed by atoms with Crippen LogP contribution in [0.1, 0.15) is 6.23 Å². The van der Waals surface area contributed by atoms with Crippen molar-refractivity contribution >= 4 is 40.4 Å². The molecule has 0 spiro atoms. The molecule has 17 nitrogen and oxygen atoms in total. The summed E-state index contributed by atoms with van der Waals surface area (Å²) in [6, 6.07) is 0. The molecule has 0 aromatic carbocycles. The van der Waals surface area contributed by atoms with E-state index in [4.69, 9.17) is 19.4 Å². The molecule has 0 aliphatic carbocycles. The lowest BCUT2D eigenvalue weighted by atomic mass is 10.1. The summed E-state index contributed by atoms with van der Waals surface area (Å²) in [5, 5.41) is 13.0. The Labute approximate surface area is 177 Å². The van der Waals surface area contributed by atoms with Gasteiger partial charge < -0.3 is 34.7 Å². The summed E-state index contributed by atoms with van der Waals surface area (Å²) in [4.78, 5) is 47.6. The minimum absolute atomic E-state index is 0.175. The van der Waals surface area contributed by atoms with Crippen LogP contribution < -0.4 is 5.32 Å². The van der Waals surface area contributed by atoms with Gasteiger partial charge >= 0.3 is 23.5 Å². The fraction of sp³-hybridized carbons (Fsp3) is 0.545. The molecule has 3 rings (SSSR count). The summed E-state index contributed by atoms with van der Waals surface area (Å²) in [7, 11) is -15.2. The van der Waals surface area contributed by atoms with Crippen LogP contribution in [0.4, 0.5) is 10.2 Å². The molecule has 1 aliphatic rings. The molecule has 0 saturated carbocycles. The number of halogens is 1. The molecule has 1 aliphatic heterocycles. The van der Waals surface area contributed by atoms with Gasteiger partial charge in [-0.2, -0.15) is 8.62 Å². The van der Waals surface area contributed by atoms with Gasteiger partial charge in [-0.25, -0.2) is 33.0 Å². The van der Waals surface area contributed by atoms with Crippen LogP contribution >= 0.6 is 23.5 Å². The lowest BCUT2D eigenvalue weighted by Gasteiger charge is -2.18. The number of aliphatic hydroxyl groups is 1. The standard InChI is InChI=1S/C11H17FN5O12P3/c1-13-9-7-10(15-3-14-9)17(4-16-7)11-8(18)6(12)5(27-11)2-26-31(22,23)29-32(24,25)28-30(19,20)21/h3-6,8,11,18H,2H2,1H3,(H,22,23)(H,24,25)(H,13,14,15)(H2,19,20,21). The molecule has 180 valence electrons. The summed E-state index contributed by atoms with van der Waals surface area (Å²) in [5.74, 6) is 0.349. The molecule has 0 radical (unpaired) electrons. The van der Waals surface area contributed by atoms with Gasteiger partial charge in [-0.1, -0.05) is 0 Å². The Bertz CT molecular complexity index is 1130. The van der Waals surface area contributed by atoms with Crippen molar-refractivity contribution in [3.05, 3.63) is 12.7 Å². The van der Waals surface area contributed by atoms with Crippen LogP contribution in [0.3, 0.4) is 0 Å². The van der Waals surface area contributed by atoms with E-state index in [1.54, 1.807) is 7.05 Å². The number of phosphoric acid groups is 3. The average molecular weight is 523 g/mol. The lowest BCUT2D eigenvalue weighted by molar-refractivity contribution is -0.0489. The number of ether oxygens (including phenoxy) is 1. The van der Waals surface area contributed by atoms with Crippen LogP contribution in [0.25, 0.3) is 11.2 Å². The molecule has 6 N–H and O–H groups in total. The number of nitrogens with zero attached hydrogens (tertiary/aromatic N) is 4. The first-order chi connectivity index (χ1) is 14.7. The molecule has 2 aromatic rings. The van der Waals surface area contributed by atoms with Gasteiger partial charge in [0.1, 0.15) is 24.1 Å². The lowest BCUT2D eigenvalue weighted by Crippen LogP contribution is -2.30. The second-order valence-corrected chi connectivity index (χ2v) is 10.6. The molecule has 3 heterocycles. The molecule has 0 bridgehead atoms. The Balaban J connectivity index is 1.70. The number of anilines is 1. The van der Waals surface area contributed by atoms with Gasteiger partial charge in [-0.3, -0.25) is 9.09 Å². The monoisotopic (exact) mass is 523 g/mol. The topological polar surface area (TPSA) is 245 Å². The van der Waals surface area contributed by atoms with E-state index in [2.05, 4.69) is 33.4 Å². The van der Waals surface area contributed by atoms with E-state index in [1.807, 2.05) is 0 Å². The minimum Gasteiger partial charge on any atom is -0.385 e. The van der Waals surface area contributed by atoms with Gasteiger partial charge in [-0.15, -0.1) is 0 Å². The average Bonchev–Trinajstić information content (AvgIpc) is 3.19. The third-order valence-electron chi connectivity index (χ3n) is 3.98. The van der Waals surface area contributed by atoms with Gasteiger partial charge in [0.05, 0.1) is 12.9 Å². The predicted molar refractivity (Wildman–Crippen MR) is 99.5 cm³/mol. The van der Waals surface area contributed by atoms with E-state index in [0.717, 1.165) is 0 Å². The highest BCUT2D eigenvalue weighted by atomic mass is 31.3. The molecule has 21 heteroatoms. The summed E-state index contributed by atoms with van der Waals surface area (Å²) in [6.45, 7) is -1.07. The Morgan fingerprint density at radius 1 is 1.16 bits per heavy atom. The fourth-order valence-corrected chi connectivity index (χ4v) is 5.80. The third kappa shape index (κ3) is 5.75. The minimum atomic E-state index is -5.73. The van der Waals surface area contributed by atoms with Crippen molar-refractivity contribution < 1.29 is 60.6 Å². The highest BCUT2D eigenvalue weighted by molar-refractivity contribution is 7.66. The molecular weight excluding hydrogens is 506 g/mol. The molecular formula is C11H17FN5O12P3. The van der Waals surface area contributed by atoms with E-state index in [-0.39, 0.29) is 11.2 Å². The molecule has 1 fully saturated rings. The number of phosphoric ester groups is 1. The molecule has 0 amide bonds. The van der Waals surface area contributed by atoms with Crippen molar-refractivity contribution in [3.8, 4) is 0 Å². The smallest absolute Gasteiger partial charge is 0.385 e. The number of alkyl halides is 1. The summed E-state index contributed by atoms with van der Waals surface area (Å²) < 4.78 is 66.2. The van der Waals surface area contributed by atoms with Crippen molar-refractivity contribution in [1.29, 1.82) is 0 Å². The summed E-state index contributed by atoms with van der Waals surface area (Å²) in [5.41, 5.74) is 0.465. The molecule has 2 aromatic heterocycles. The number of rotatable bonds is 9. The number of fused-ring (bicyclic) bond motifs is 1. The summed E-state index contributed by atoms with van der Waals surface area (Å²) >= 11 is 0. The first kappa shape index (κ1) is 25.2. The van der Waals surface area contributed by atoms with Crippen LogP contribution in [0.15, 0.2) is 12.7 Å². The molecule has 32 heavy (non-hydrogen) atoms. The normalized spacial score (nSPS) is 27.8. The van der Waals surface area contributed by atoms with Crippen LogP contribution in [0.2, 0.25) is 0 Å². The van der Waals surface area contributed by atoms with Crippen molar-refractivity contribution in [3.63, 3.8) is 0 Å². The fourth-order valence-electron chi connectivity index (χ4n) is 2.77. The number of hydrogen-bond acceptors (Lipinski definition) is 12. The maximum atomic E-state index is 14.5. The zero-order valence-corrected chi connectivity index (χ0v) is 18.5. The summed E-state index contributed by atoms with van der Waals surface area (Å²) in [6.07, 6.45) is -4.61. The van der Waals surface area contributed by atoms with E-state index >= 15 is 0 Å². The Kier molecular flexibility index (Phi) is 7.18. The Hall–Kier alpha value is -1.39. The van der Waals surface area contributed by atoms with E-state index in [0.29, 0.717) is 5.82 Å². The second kappa shape index (κ2) is 9.10. The number of hydrogen-bond donors (Lipinski definition) is 6. The van der Waals surface area contributed by atoms with Crippen molar-refractivity contribution in [2.45, 2.75) is 24.6 Å². The molecule has 1 saturated heterocycles. The predicted octanol–water partition coefficient (Wildman–Crippen LogP) is -0.192. The maximum Gasteiger partial charge on any atom is 0.490 e. The van der Waals surface area contributed by atoms with Crippen LogP contribution in [-0.4, -0.2) is 76.2 Å². The van der Waals surface area contributed by atoms with Gasteiger partial charge in [0.25, 0.3) is 0 Å². The zero-order chi connectivity index (χ0) is 23.9. The third-order valence-corrected chi connectivity index (χ3v) is 7.78. The number of imidazole rings is 1. The van der Waals surface area contributed by atoms with E-state index in [1.165, 1.54) is 17.2 Å². The first-order valence-electron chi connectivity index (χ1n) is 8.34. The van der Waals surface area contributed by atoms with Crippen molar-refractivity contribution in [1.82, 2.24) is 19.5 Å². The van der Waals surface area contributed by atoms with Gasteiger partial charge in [0.2, 0.25) is 0 Å². The molecule has 6 unspecified atom stereocenters. The van der Waals surface area contributed by atoms with Crippen molar-refractivity contribution in [2.75, 3.05) is 19.0 Å².